The molecular weight excluding hydrogens is 236 g/mol. The van der Waals surface area contributed by atoms with E-state index < -0.39 is 0 Å². The minimum absolute atomic E-state index is 0.746. The highest BCUT2D eigenvalue weighted by atomic mass is 15.1. The van der Waals surface area contributed by atoms with Crippen LogP contribution in [-0.4, -0.2) is 14.5 Å². The Bertz CT molecular complexity index is 698. The van der Waals surface area contributed by atoms with Gasteiger partial charge in [0, 0.05) is 29.3 Å². The molecule has 0 fully saturated rings. The zero-order valence-corrected chi connectivity index (χ0v) is 10.6. The number of aromatic nitrogens is 3. The van der Waals surface area contributed by atoms with Crippen molar-refractivity contribution in [3.8, 4) is 17.2 Å². The Balaban J connectivity index is 2.10. The van der Waals surface area contributed by atoms with E-state index >= 15 is 0 Å². The van der Waals surface area contributed by atoms with Crippen molar-refractivity contribution in [3.05, 3.63) is 60.6 Å². The number of pyridine rings is 1. The van der Waals surface area contributed by atoms with Gasteiger partial charge in [-0.05, 0) is 43.3 Å². The number of nitrogens with zero attached hydrogens (tertiary/aromatic N) is 3. The predicted octanol–water partition coefficient (Wildman–Crippen LogP) is 2.82. The average Bonchev–Trinajstić information content (AvgIpc) is 2.89. The van der Waals surface area contributed by atoms with Gasteiger partial charge < -0.3 is 5.73 Å². The normalized spacial score (nSPS) is 10.6. The molecule has 2 N–H and O–H groups in total. The average molecular weight is 250 g/mol. The molecule has 0 amide bonds. The highest BCUT2D eigenvalue weighted by Gasteiger charge is 2.08. The van der Waals surface area contributed by atoms with Crippen LogP contribution >= 0.6 is 0 Å². The number of hydrogen-bond donors (Lipinski definition) is 1. The number of benzene rings is 1. The third-order valence-electron chi connectivity index (χ3n) is 2.93. The molecule has 0 bridgehead atoms. The van der Waals surface area contributed by atoms with E-state index in [1.165, 1.54) is 0 Å². The Morgan fingerprint density at radius 1 is 1.05 bits per heavy atom. The first-order chi connectivity index (χ1) is 9.24. The second kappa shape index (κ2) is 4.57. The second-order valence-corrected chi connectivity index (χ2v) is 4.38. The van der Waals surface area contributed by atoms with Crippen LogP contribution in [0.15, 0.2) is 54.9 Å². The van der Waals surface area contributed by atoms with E-state index in [9.17, 15) is 0 Å². The summed E-state index contributed by atoms with van der Waals surface area (Å²) in [6, 6.07) is 13.6. The molecule has 0 spiro atoms. The Hall–Kier alpha value is -2.62. The van der Waals surface area contributed by atoms with E-state index in [-0.39, 0.29) is 0 Å². The van der Waals surface area contributed by atoms with Gasteiger partial charge in [0.25, 0.3) is 0 Å². The number of hydrogen-bond acceptors (Lipinski definition) is 3. The Labute approximate surface area is 111 Å². The topological polar surface area (TPSA) is 56.7 Å². The Kier molecular flexibility index (Phi) is 2.76. The molecule has 0 aliphatic carbocycles. The summed E-state index contributed by atoms with van der Waals surface area (Å²) in [5, 5.41) is 0. The van der Waals surface area contributed by atoms with Crippen molar-refractivity contribution in [2.75, 3.05) is 5.73 Å². The van der Waals surface area contributed by atoms with Crippen LogP contribution < -0.4 is 5.73 Å². The number of nitrogens with two attached hydrogens (primary N) is 1. The molecule has 4 heteroatoms. The van der Waals surface area contributed by atoms with Crippen molar-refractivity contribution in [2.45, 2.75) is 6.92 Å². The molecule has 19 heavy (non-hydrogen) atoms. The zero-order valence-electron chi connectivity index (χ0n) is 10.6. The number of nitrogen functional groups attached to an aromatic ring is 1. The van der Waals surface area contributed by atoms with Gasteiger partial charge in [-0.15, -0.1) is 0 Å². The highest BCUT2D eigenvalue weighted by Crippen LogP contribution is 2.21. The van der Waals surface area contributed by atoms with Gasteiger partial charge in [0.1, 0.15) is 11.6 Å². The first kappa shape index (κ1) is 11.5. The molecule has 2 aromatic heterocycles. The SMILES string of the molecule is Cc1cccc(-n2ccnc2-c2ccc(N)cc2)n1. The van der Waals surface area contributed by atoms with E-state index in [4.69, 9.17) is 5.73 Å². The van der Waals surface area contributed by atoms with Crippen LogP contribution in [0.1, 0.15) is 5.69 Å². The minimum atomic E-state index is 0.746. The second-order valence-electron chi connectivity index (χ2n) is 4.38. The van der Waals surface area contributed by atoms with Crippen LogP contribution in [0, 0.1) is 6.92 Å². The molecule has 0 saturated heterocycles. The van der Waals surface area contributed by atoms with Crippen molar-refractivity contribution in [2.24, 2.45) is 0 Å². The summed E-state index contributed by atoms with van der Waals surface area (Å²) in [6.07, 6.45) is 3.68. The fourth-order valence-corrected chi connectivity index (χ4v) is 2.00. The molecule has 0 saturated carbocycles. The van der Waals surface area contributed by atoms with Crippen LogP contribution in [0.4, 0.5) is 5.69 Å². The van der Waals surface area contributed by atoms with Crippen molar-refractivity contribution < 1.29 is 0 Å². The van der Waals surface area contributed by atoms with E-state index in [1.807, 2.05) is 60.2 Å². The van der Waals surface area contributed by atoms with Gasteiger partial charge in [-0.3, -0.25) is 4.57 Å². The summed E-state index contributed by atoms with van der Waals surface area (Å²) >= 11 is 0. The minimum Gasteiger partial charge on any atom is -0.399 e. The highest BCUT2D eigenvalue weighted by molar-refractivity contribution is 5.60. The van der Waals surface area contributed by atoms with Crippen LogP contribution in [0.5, 0.6) is 0 Å². The smallest absolute Gasteiger partial charge is 0.145 e. The third-order valence-corrected chi connectivity index (χ3v) is 2.93. The van der Waals surface area contributed by atoms with Crippen molar-refractivity contribution >= 4 is 5.69 Å². The fraction of sp³-hybridized carbons (Fsp3) is 0.0667. The summed E-state index contributed by atoms with van der Waals surface area (Å²) in [6.45, 7) is 1.98. The predicted molar refractivity (Wildman–Crippen MR) is 75.9 cm³/mol. The van der Waals surface area contributed by atoms with Gasteiger partial charge in [0.2, 0.25) is 0 Å². The summed E-state index contributed by atoms with van der Waals surface area (Å²) in [5.74, 6) is 1.72. The largest absolute Gasteiger partial charge is 0.399 e. The van der Waals surface area contributed by atoms with Gasteiger partial charge in [-0.2, -0.15) is 0 Å². The maximum absolute atomic E-state index is 5.71. The summed E-state index contributed by atoms with van der Waals surface area (Å²) in [7, 11) is 0. The van der Waals surface area contributed by atoms with Crippen molar-refractivity contribution in [1.82, 2.24) is 14.5 Å². The van der Waals surface area contributed by atoms with Crippen molar-refractivity contribution in [3.63, 3.8) is 0 Å². The molecule has 3 rings (SSSR count). The van der Waals surface area contributed by atoms with Crippen LogP contribution in [0.3, 0.4) is 0 Å². The van der Waals surface area contributed by atoms with Crippen LogP contribution in [-0.2, 0) is 0 Å². The third kappa shape index (κ3) is 2.20. The Morgan fingerprint density at radius 3 is 2.58 bits per heavy atom. The lowest BCUT2D eigenvalue weighted by molar-refractivity contribution is 0.984. The lowest BCUT2D eigenvalue weighted by Gasteiger charge is -2.08. The molecule has 0 aliphatic heterocycles. The van der Waals surface area contributed by atoms with Gasteiger partial charge in [-0.1, -0.05) is 6.07 Å². The summed E-state index contributed by atoms with van der Waals surface area (Å²) < 4.78 is 1.97. The molecular formula is C15H14N4. The maximum Gasteiger partial charge on any atom is 0.145 e. The number of rotatable bonds is 2. The monoisotopic (exact) mass is 250 g/mol. The quantitative estimate of drug-likeness (QED) is 0.711. The zero-order chi connectivity index (χ0) is 13.2. The van der Waals surface area contributed by atoms with Crippen LogP contribution in [0.25, 0.3) is 17.2 Å². The lowest BCUT2D eigenvalue weighted by atomic mass is 10.2. The van der Waals surface area contributed by atoms with E-state index in [0.717, 1.165) is 28.6 Å². The van der Waals surface area contributed by atoms with Gasteiger partial charge >= 0.3 is 0 Å². The van der Waals surface area contributed by atoms with Gasteiger partial charge in [-0.25, -0.2) is 9.97 Å². The molecule has 94 valence electrons. The lowest BCUT2D eigenvalue weighted by Crippen LogP contribution is -2.00. The first-order valence-electron chi connectivity index (χ1n) is 6.07. The molecule has 1 aromatic carbocycles. The fourth-order valence-electron chi connectivity index (χ4n) is 2.00. The van der Waals surface area contributed by atoms with E-state index in [1.54, 1.807) is 6.20 Å². The molecule has 3 aromatic rings. The first-order valence-corrected chi connectivity index (χ1v) is 6.07. The standard InChI is InChI=1S/C15H14N4/c1-11-3-2-4-14(18-11)19-10-9-17-15(19)12-5-7-13(16)8-6-12/h2-10H,16H2,1H3. The molecule has 0 unspecified atom stereocenters. The Morgan fingerprint density at radius 2 is 1.84 bits per heavy atom. The maximum atomic E-state index is 5.71. The number of aryl methyl sites for hydroxylation is 1. The molecule has 4 nitrogen and oxygen atoms in total. The number of anilines is 1. The molecule has 2 heterocycles. The molecule has 0 atom stereocenters. The summed E-state index contributed by atoms with van der Waals surface area (Å²) in [5.41, 5.74) is 8.45. The van der Waals surface area contributed by atoms with E-state index in [2.05, 4.69) is 9.97 Å². The molecule has 0 aliphatic rings. The van der Waals surface area contributed by atoms with E-state index in [0.29, 0.717) is 0 Å². The number of imidazole rings is 1. The van der Waals surface area contributed by atoms with Gasteiger partial charge in [0.15, 0.2) is 0 Å². The molecule has 0 radical (unpaired) electrons. The van der Waals surface area contributed by atoms with Crippen molar-refractivity contribution in [1.29, 1.82) is 0 Å². The summed E-state index contributed by atoms with van der Waals surface area (Å²) in [4.78, 5) is 8.92. The van der Waals surface area contributed by atoms with Crippen LogP contribution in [0.2, 0.25) is 0 Å². The van der Waals surface area contributed by atoms with Gasteiger partial charge in [0.05, 0.1) is 0 Å².